The van der Waals surface area contributed by atoms with Crippen molar-refractivity contribution in [3.63, 3.8) is 0 Å². The third kappa shape index (κ3) is 1.92. The van der Waals surface area contributed by atoms with Crippen molar-refractivity contribution in [3.05, 3.63) is 29.1 Å². The van der Waals surface area contributed by atoms with Crippen LogP contribution in [0.1, 0.15) is 30.3 Å². The summed E-state index contributed by atoms with van der Waals surface area (Å²) in [6.07, 6.45) is 3.39. The summed E-state index contributed by atoms with van der Waals surface area (Å²) < 4.78 is 4.89. The van der Waals surface area contributed by atoms with E-state index in [9.17, 15) is 4.79 Å². The molecule has 0 radical (unpaired) electrons. The lowest BCUT2D eigenvalue weighted by molar-refractivity contribution is -0.142. The van der Waals surface area contributed by atoms with Gasteiger partial charge in [-0.3, -0.25) is 9.78 Å². The van der Waals surface area contributed by atoms with Crippen molar-refractivity contribution in [2.45, 2.75) is 32.8 Å². The molecule has 14 heavy (non-hydrogen) atoms. The monoisotopic (exact) mass is 191 g/mol. The fourth-order valence-corrected chi connectivity index (χ4v) is 1.72. The number of aromatic nitrogens is 1. The van der Waals surface area contributed by atoms with Crippen LogP contribution in [-0.4, -0.2) is 11.0 Å². The molecule has 0 fully saturated rings. The lowest BCUT2D eigenvalue weighted by Gasteiger charge is -2.03. The largest absolute Gasteiger partial charge is 0.459 e. The first kappa shape index (κ1) is 9.19. The van der Waals surface area contributed by atoms with Crippen LogP contribution in [0.5, 0.6) is 0 Å². The zero-order valence-electron chi connectivity index (χ0n) is 8.25. The van der Waals surface area contributed by atoms with E-state index < -0.39 is 0 Å². The number of rotatable bonds is 2. The molecule has 1 aromatic rings. The number of nitrogens with zero attached hydrogens (tertiary/aromatic N) is 1. The van der Waals surface area contributed by atoms with E-state index in [-0.39, 0.29) is 5.97 Å². The van der Waals surface area contributed by atoms with E-state index in [4.69, 9.17) is 4.74 Å². The second-order valence-corrected chi connectivity index (χ2v) is 3.54. The minimum Gasteiger partial charge on any atom is -0.459 e. The smallest absolute Gasteiger partial charge is 0.303 e. The SMILES string of the molecule is CC(=O)OCc1ccc2c(n1)CCC2. The van der Waals surface area contributed by atoms with Gasteiger partial charge in [-0.2, -0.15) is 0 Å². The lowest BCUT2D eigenvalue weighted by Crippen LogP contribution is -2.02. The van der Waals surface area contributed by atoms with Crippen LogP contribution in [0.15, 0.2) is 12.1 Å². The molecule has 0 aromatic carbocycles. The Labute approximate surface area is 83.1 Å². The number of carbonyl (C=O) groups is 1. The van der Waals surface area contributed by atoms with Crippen LogP contribution in [-0.2, 0) is 29.0 Å². The minimum absolute atomic E-state index is 0.257. The summed E-state index contributed by atoms with van der Waals surface area (Å²) in [7, 11) is 0. The van der Waals surface area contributed by atoms with E-state index >= 15 is 0 Å². The van der Waals surface area contributed by atoms with E-state index in [0.717, 1.165) is 18.5 Å². The van der Waals surface area contributed by atoms with Crippen molar-refractivity contribution in [2.24, 2.45) is 0 Å². The number of ether oxygens (including phenoxy) is 1. The summed E-state index contributed by atoms with van der Waals surface area (Å²) in [6.45, 7) is 1.70. The normalized spacial score (nSPS) is 13.8. The molecule has 0 amide bonds. The maximum atomic E-state index is 10.6. The third-order valence-corrected chi connectivity index (χ3v) is 2.41. The zero-order chi connectivity index (χ0) is 9.97. The van der Waals surface area contributed by atoms with Gasteiger partial charge in [0.15, 0.2) is 0 Å². The fourth-order valence-electron chi connectivity index (χ4n) is 1.72. The van der Waals surface area contributed by atoms with Crippen molar-refractivity contribution in [1.82, 2.24) is 4.98 Å². The molecule has 0 aliphatic heterocycles. The third-order valence-electron chi connectivity index (χ3n) is 2.41. The number of fused-ring (bicyclic) bond motifs is 1. The molecule has 1 aliphatic rings. The molecule has 1 aromatic heterocycles. The standard InChI is InChI=1S/C11H13NO2/c1-8(13)14-7-10-6-5-9-3-2-4-11(9)12-10/h5-6H,2-4,7H2,1H3. The first-order valence-corrected chi connectivity index (χ1v) is 4.87. The summed E-state index contributed by atoms with van der Waals surface area (Å²) in [5.74, 6) is -0.257. The van der Waals surface area contributed by atoms with Crippen molar-refractivity contribution < 1.29 is 9.53 Å². The molecule has 2 rings (SSSR count). The maximum absolute atomic E-state index is 10.6. The number of carbonyl (C=O) groups excluding carboxylic acids is 1. The highest BCUT2D eigenvalue weighted by Crippen LogP contribution is 2.19. The van der Waals surface area contributed by atoms with Gasteiger partial charge in [0.05, 0.1) is 5.69 Å². The van der Waals surface area contributed by atoms with Gasteiger partial charge in [-0.05, 0) is 30.9 Å². The molecule has 74 valence electrons. The molecular formula is C11H13NO2. The predicted octanol–water partition coefficient (Wildman–Crippen LogP) is 1.63. The average molecular weight is 191 g/mol. The van der Waals surface area contributed by atoms with Crippen LogP contribution in [0.25, 0.3) is 0 Å². The zero-order valence-corrected chi connectivity index (χ0v) is 8.25. The number of aryl methyl sites for hydroxylation is 2. The van der Waals surface area contributed by atoms with E-state index in [0.29, 0.717) is 6.61 Å². The van der Waals surface area contributed by atoms with Gasteiger partial charge in [-0.1, -0.05) is 6.07 Å². The Morgan fingerprint density at radius 3 is 3.14 bits per heavy atom. The molecule has 1 heterocycles. The molecule has 0 bridgehead atoms. The van der Waals surface area contributed by atoms with Crippen LogP contribution < -0.4 is 0 Å². The highest BCUT2D eigenvalue weighted by Gasteiger charge is 2.12. The van der Waals surface area contributed by atoms with E-state index in [2.05, 4.69) is 11.1 Å². The number of esters is 1. The molecule has 0 saturated carbocycles. The van der Waals surface area contributed by atoms with Crippen molar-refractivity contribution >= 4 is 5.97 Å². The molecule has 0 unspecified atom stereocenters. The summed E-state index contributed by atoms with van der Waals surface area (Å²) in [4.78, 5) is 15.0. The maximum Gasteiger partial charge on any atom is 0.303 e. The second-order valence-electron chi connectivity index (χ2n) is 3.54. The van der Waals surface area contributed by atoms with Crippen LogP contribution in [0.3, 0.4) is 0 Å². The Morgan fingerprint density at radius 2 is 2.36 bits per heavy atom. The van der Waals surface area contributed by atoms with Gasteiger partial charge < -0.3 is 4.74 Å². The molecule has 0 atom stereocenters. The molecular weight excluding hydrogens is 178 g/mol. The molecule has 3 heteroatoms. The van der Waals surface area contributed by atoms with Gasteiger partial charge in [0.2, 0.25) is 0 Å². The molecule has 0 saturated heterocycles. The lowest BCUT2D eigenvalue weighted by atomic mass is 10.2. The van der Waals surface area contributed by atoms with E-state index in [1.54, 1.807) is 0 Å². The van der Waals surface area contributed by atoms with Crippen LogP contribution in [0.2, 0.25) is 0 Å². The topological polar surface area (TPSA) is 39.2 Å². The van der Waals surface area contributed by atoms with Gasteiger partial charge in [0, 0.05) is 12.6 Å². The second kappa shape index (κ2) is 3.78. The molecule has 0 spiro atoms. The van der Waals surface area contributed by atoms with Gasteiger partial charge in [-0.15, -0.1) is 0 Å². The quantitative estimate of drug-likeness (QED) is 0.667. The Hall–Kier alpha value is -1.38. The van der Waals surface area contributed by atoms with Gasteiger partial charge >= 0.3 is 5.97 Å². The number of hydrogen-bond acceptors (Lipinski definition) is 3. The Bertz CT molecular complexity index is 360. The van der Waals surface area contributed by atoms with Gasteiger partial charge in [0.1, 0.15) is 6.61 Å². The van der Waals surface area contributed by atoms with E-state index in [1.165, 1.54) is 24.6 Å². The first-order chi connectivity index (χ1) is 6.75. The highest BCUT2D eigenvalue weighted by atomic mass is 16.5. The molecule has 1 aliphatic carbocycles. The van der Waals surface area contributed by atoms with Gasteiger partial charge in [0.25, 0.3) is 0 Å². The Balaban J connectivity index is 2.09. The van der Waals surface area contributed by atoms with Crippen molar-refractivity contribution in [1.29, 1.82) is 0 Å². The summed E-state index contributed by atoms with van der Waals surface area (Å²) in [5.41, 5.74) is 3.37. The number of hydrogen-bond donors (Lipinski definition) is 0. The summed E-state index contributed by atoms with van der Waals surface area (Å²) in [6, 6.07) is 4.03. The van der Waals surface area contributed by atoms with Gasteiger partial charge in [-0.25, -0.2) is 0 Å². The summed E-state index contributed by atoms with van der Waals surface area (Å²) in [5, 5.41) is 0. The Kier molecular flexibility index (Phi) is 2.48. The van der Waals surface area contributed by atoms with Crippen LogP contribution >= 0.6 is 0 Å². The van der Waals surface area contributed by atoms with Crippen molar-refractivity contribution in [3.8, 4) is 0 Å². The minimum atomic E-state index is -0.257. The molecule has 3 nitrogen and oxygen atoms in total. The molecule has 0 N–H and O–H groups in total. The fraction of sp³-hybridized carbons (Fsp3) is 0.455. The highest BCUT2D eigenvalue weighted by molar-refractivity contribution is 5.65. The summed E-state index contributed by atoms with van der Waals surface area (Å²) >= 11 is 0. The van der Waals surface area contributed by atoms with Crippen molar-refractivity contribution in [2.75, 3.05) is 0 Å². The predicted molar refractivity (Wildman–Crippen MR) is 51.7 cm³/mol. The van der Waals surface area contributed by atoms with Crippen LogP contribution in [0, 0.1) is 0 Å². The van der Waals surface area contributed by atoms with E-state index in [1.807, 2.05) is 6.07 Å². The number of pyridine rings is 1. The first-order valence-electron chi connectivity index (χ1n) is 4.87. The Morgan fingerprint density at radius 1 is 1.50 bits per heavy atom. The average Bonchev–Trinajstić information content (AvgIpc) is 2.61. The van der Waals surface area contributed by atoms with Crippen LogP contribution in [0.4, 0.5) is 0 Å².